The highest BCUT2D eigenvalue weighted by Crippen LogP contribution is 2.31. The fourth-order valence-electron chi connectivity index (χ4n) is 2.90. The zero-order chi connectivity index (χ0) is 19.8. The molecule has 0 saturated carbocycles. The monoisotopic (exact) mass is 388 g/mol. The predicted molar refractivity (Wildman–Crippen MR) is 102 cm³/mol. The van der Waals surface area contributed by atoms with E-state index in [9.17, 15) is 14.4 Å². The van der Waals surface area contributed by atoms with Gasteiger partial charge in [0.2, 0.25) is 0 Å². The van der Waals surface area contributed by atoms with Crippen molar-refractivity contribution in [1.29, 1.82) is 0 Å². The summed E-state index contributed by atoms with van der Waals surface area (Å²) in [5, 5.41) is 0.560. The molecule has 2 rings (SSSR count). The first kappa shape index (κ1) is 20.6. The second-order valence-corrected chi connectivity index (χ2v) is 6.51. The minimum absolute atomic E-state index is 0.0796. The quantitative estimate of drug-likeness (QED) is 0.387. The number of halogens is 1. The van der Waals surface area contributed by atoms with Crippen molar-refractivity contribution >= 4 is 29.3 Å². The van der Waals surface area contributed by atoms with E-state index in [1.165, 1.54) is 14.2 Å². The van der Waals surface area contributed by atoms with Gasteiger partial charge < -0.3 is 9.47 Å². The first-order chi connectivity index (χ1) is 13.0. The summed E-state index contributed by atoms with van der Waals surface area (Å²) >= 11 is 5.95. The molecule has 5 nitrogen and oxygen atoms in total. The molecule has 1 atom stereocenters. The van der Waals surface area contributed by atoms with Crippen LogP contribution in [0.25, 0.3) is 0 Å². The van der Waals surface area contributed by atoms with E-state index in [0.29, 0.717) is 10.6 Å². The molecule has 0 heterocycles. The Morgan fingerprint density at radius 3 is 1.96 bits per heavy atom. The van der Waals surface area contributed by atoms with E-state index in [-0.39, 0.29) is 24.5 Å². The van der Waals surface area contributed by atoms with E-state index in [1.807, 2.05) is 6.07 Å². The van der Waals surface area contributed by atoms with E-state index in [1.54, 1.807) is 48.5 Å². The Labute approximate surface area is 163 Å². The number of hydrogen-bond donors (Lipinski definition) is 0. The van der Waals surface area contributed by atoms with Crippen LogP contribution in [0.5, 0.6) is 0 Å². The summed E-state index contributed by atoms with van der Waals surface area (Å²) in [7, 11) is 2.43. The van der Waals surface area contributed by atoms with Crippen LogP contribution >= 0.6 is 11.6 Å². The van der Waals surface area contributed by atoms with Crippen molar-refractivity contribution < 1.29 is 23.9 Å². The lowest BCUT2D eigenvalue weighted by atomic mass is 9.84. The summed E-state index contributed by atoms with van der Waals surface area (Å²) in [4.78, 5) is 36.8. The van der Waals surface area contributed by atoms with Gasteiger partial charge in [-0.1, -0.05) is 54.1 Å². The molecule has 0 fully saturated rings. The van der Waals surface area contributed by atoms with Gasteiger partial charge in [0.1, 0.15) is 0 Å². The fourth-order valence-corrected chi connectivity index (χ4v) is 3.02. The van der Waals surface area contributed by atoms with Crippen LogP contribution in [0, 0.1) is 5.92 Å². The van der Waals surface area contributed by atoms with E-state index < -0.39 is 17.9 Å². The van der Waals surface area contributed by atoms with E-state index in [2.05, 4.69) is 0 Å². The molecule has 0 amide bonds. The van der Waals surface area contributed by atoms with Crippen LogP contribution in [0.1, 0.15) is 34.7 Å². The molecule has 6 heteroatoms. The molecule has 0 spiro atoms. The molecule has 27 heavy (non-hydrogen) atoms. The molecule has 0 aliphatic rings. The number of benzene rings is 2. The third-order valence-corrected chi connectivity index (χ3v) is 4.61. The number of carbonyl (C=O) groups is 3. The first-order valence-electron chi connectivity index (χ1n) is 8.45. The van der Waals surface area contributed by atoms with Crippen molar-refractivity contribution in [3.05, 3.63) is 70.7 Å². The molecule has 0 N–H and O–H groups in total. The van der Waals surface area contributed by atoms with Crippen LogP contribution < -0.4 is 0 Å². The maximum Gasteiger partial charge on any atom is 0.320 e. The highest BCUT2D eigenvalue weighted by molar-refractivity contribution is 6.30. The minimum atomic E-state index is -1.11. The van der Waals surface area contributed by atoms with Crippen molar-refractivity contribution in [2.75, 3.05) is 14.2 Å². The minimum Gasteiger partial charge on any atom is -0.468 e. The fraction of sp³-hybridized carbons (Fsp3) is 0.286. The number of ketones is 1. The molecule has 0 aliphatic carbocycles. The van der Waals surface area contributed by atoms with Crippen molar-refractivity contribution in [3.8, 4) is 0 Å². The third-order valence-electron chi connectivity index (χ3n) is 4.36. The van der Waals surface area contributed by atoms with Crippen molar-refractivity contribution in [1.82, 2.24) is 0 Å². The van der Waals surface area contributed by atoms with Gasteiger partial charge in [0.15, 0.2) is 11.7 Å². The maximum absolute atomic E-state index is 12.7. The van der Waals surface area contributed by atoms with Crippen molar-refractivity contribution in [3.63, 3.8) is 0 Å². The number of hydrogen-bond acceptors (Lipinski definition) is 5. The van der Waals surface area contributed by atoms with Crippen molar-refractivity contribution in [2.45, 2.75) is 18.8 Å². The topological polar surface area (TPSA) is 69.7 Å². The Morgan fingerprint density at radius 2 is 1.44 bits per heavy atom. The lowest BCUT2D eigenvalue weighted by Crippen LogP contribution is -2.29. The summed E-state index contributed by atoms with van der Waals surface area (Å²) in [6.07, 6.45) is 0.232. The molecule has 0 aromatic heterocycles. The highest BCUT2D eigenvalue weighted by atomic mass is 35.5. The van der Waals surface area contributed by atoms with Gasteiger partial charge in [0.25, 0.3) is 0 Å². The number of ether oxygens (including phenoxy) is 2. The number of esters is 2. The Morgan fingerprint density at radius 1 is 0.889 bits per heavy atom. The molecule has 0 radical (unpaired) electrons. The van der Waals surface area contributed by atoms with Gasteiger partial charge in [0, 0.05) is 17.0 Å². The Balaban J connectivity index is 2.31. The van der Waals surface area contributed by atoms with E-state index in [4.69, 9.17) is 21.1 Å². The van der Waals surface area contributed by atoms with Crippen molar-refractivity contribution in [2.24, 2.45) is 5.92 Å². The maximum atomic E-state index is 12.7. The van der Waals surface area contributed by atoms with Crippen LogP contribution in [0.15, 0.2) is 54.6 Å². The lowest BCUT2D eigenvalue weighted by molar-refractivity contribution is -0.159. The summed E-state index contributed by atoms with van der Waals surface area (Å²) in [6, 6.07) is 15.9. The van der Waals surface area contributed by atoms with Gasteiger partial charge in [0.05, 0.1) is 14.2 Å². The van der Waals surface area contributed by atoms with Gasteiger partial charge in [-0.05, 0) is 30.0 Å². The smallest absolute Gasteiger partial charge is 0.320 e. The van der Waals surface area contributed by atoms with Gasteiger partial charge >= 0.3 is 11.9 Å². The Bertz CT molecular complexity index is 770. The Kier molecular flexibility index (Phi) is 7.55. The Hall–Kier alpha value is -2.66. The standard InChI is InChI=1S/C21H21ClO5/c1-26-20(24)18(21(25)27-2)12-16(14-8-10-17(22)11-9-14)13-19(23)15-6-4-3-5-7-15/h3-11,16,18H,12-13H2,1-2H3. The molecule has 2 aromatic rings. The molecule has 1 unspecified atom stereocenters. The molecule has 2 aromatic carbocycles. The lowest BCUT2D eigenvalue weighted by Gasteiger charge is -2.21. The molecule has 0 saturated heterocycles. The van der Waals surface area contributed by atoms with Crippen LogP contribution in [-0.4, -0.2) is 31.9 Å². The predicted octanol–water partition coefficient (Wildman–Crippen LogP) is 4.05. The van der Waals surface area contributed by atoms with Crippen LogP contribution in [0.4, 0.5) is 0 Å². The average molecular weight is 389 g/mol. The molecule has 142 valence electrons. The van der Waals surface area contributed by atoms with E-state index in [0.717, 1.165) is 5.56 Å². The molecule has 0 bridgehead atoms. The van der Waals surface area contributed by atoms with Gasteiger partial charge in [-0.25, -0.2) is 0 Å². The second-order valence-electron chi connectivity index (χ2n) is 6.08. The van der Waals surface area contributed by atoms with E-state index >= 15 is 0 Å². The highest BCUT2D eigenvalue weighted by Gasteiger charge is 2.33. The second kappa shape index (κ2) is 9.88. The third kappa shape index (κ3) is 5.66. The summed E-state index contributed by atoms with van der Waals surface area (Å²) in [6.45, 7) is 0. The zero-order valence-electron chi connectivity index (χ0n) is 15.2. The van der Waals surface area contributed by atoms with Crippen LogP contribution in [0.3, 0.4) is 0 Å². The largest absolute Gasteiger partial charge is 0.468 e. The number of Topliss-reactive ketones (excluding diaryl/α,β-unsaturated/α-hetero) is 1. The average Bonchev–Trinajstić information content (AvgIpc) is 2.71. The SMILES string of the molecule is COC(=O)C(CC(CC(=O)c1ccccc1)c1ccc(Cl)cc1)C(=O)OC. The summed E-state index contributed by atoms with van der Waals surface area (Å²) in [5.41, 5.74) is 1.38. The first-order valence-corrected chi connectivity index (χ1v) is 8.83. The molecular formula is C21H21ClO5. The summed E-state index contributed by atoms with van der Waals surface area (Å²) < 4.78 is 9.47. The molecular weight excluding hydrogens is 368 g/mol. The molecule has 0 aliphatic heterocycles. The number of methoxy groups -OCH3 is 2. The normalized spacial score (nSPS) is 11.7. The van der Waals surface area contributed by atoms with Gasteiger partial charge in [-0.3, -0.25) is 14.4 Å². The van der Waals surface area contributed by atoms with Gasteiger partial charge in [-0.2, -0.15) is 0 Å². The van der Waals surface area contributed by atoms with Gasteiger partial charge in [-0.15, -0.1) is 0 Å². The zero-order valence-corrected chi connectivity index (χ0v) is 15.9. The van der Waals surface area contributed by atoms with Crippen LogP contribution in [-0.2, 0) is 19.1 Å². The summed E-state index contributed by atoms with van der Waals surface area (Å²) in [5.74, 6) is -2.94. The number of rotatable bonds is 8. The van der Waals surface area contributed by atoms with Crippen LogP contribution in [0.2, 0.25) is 5.02 Å². The number of carbonyl (C=O) groups excluding carboxylic acids is 3.